The second-order valence-corrected chi connectivity index (χ2v) is 6.95. The Bertz CT molecular complexity index is 888. The molecule has 1 atom stereocenters. The molecule has 1 aliphatic rings. The SMILES string of the molecule is COc1ccc(C)cc1C(C)NC(=O)CCCN1C(=O)c2ccccc2C1=O. The first-order chi connectivity index (χ1) is 13.4. The van der Waals surface area contributed by atoms with Crippen molar-refractivity contribution in [3.8, 4) is 5.75 Å². The van der Waals surface area contributed by atoms with Crippen molar-refractivity contribution in [2.24, 2.45) is 0 Å². The molecular weight excluding hydrogens is 356 g/mol. The Balaban J connectivity index is 1.54. The van der Waals surface area contributed by atoms with Crippen LogP contribution >= 0.6 is 0 Å². The molecule has 6 nitrogen and oxygen atoms in total. The largest absolute Gasteiger partial charge is 0.496 e. The maximum Gasteiger partial charge on any atom is 0.261 e. The summed E-state index contributed by atoms with van der Waals surface area (Å²) in [5.74, 6) is 0.00911. The minimum absolute atomic E-state index is 0.132. The van der Waals surface area contributed by atoms with E-state index in [1.165, 1.54) is 4.90 Å². The number of rotatable bonds is 7. The molecule has 0 spiro atoms. The first-order valence-corrected chi connectivity index (χ1v) is 9.31. The van der Waals surface area contributed by atoms with Gasteiger partial charge in [0.25, 0.3) is 11.8 Å². The first kappa shape index (κ1) is 19.6. The van der Waals surface area contributed by atoms with E-state index in [2.05, 4.69) is 5.32 Å². The topological polar surface area (TPSA) is 75.7 Å². The van der Waals surface area contributed by atoms with Crippen molar-refractivity contribution in [1.29, 1.82) is 0 Å². The lowest BCUT2D eigenvalue weighted by molar-refractivity contribution is -0.121. The van der Waals surface area contributed by atoms with Gasteiger partial charge in [-0.25, -0.2) is 0 Å². The van der Waals surface area contributed by atoms with Gasteiger partial charge in [-0.3, -0.25) is 19.3 Å². The Morgan fingerprint density at radius 2 is 1.75 bits per heavy atom. The highest BCUT2D eigenvalue weighted by Crippen LogP contribution is 2.26. The number of nitrogens with zero attached hydrogens (tertiary/aromatic N) is 1. The van der Waals surface area contributed by atoms with E-state index in [1.54, 1.807) is 31.4 Å². The van der Waals surface area contributed by atoms with Crippen molar-refractivity contribution in [3.05, 3.63) is 64.7 Å². The van der Waals surface area contributed by atoms with E-state index in [4.69, 9.17) is 4.74 Å². The molecule has 146 valence electrons. The van der Waals surface area contributed by atoms with E-state index in [0.29, 0.717) is 17.5 Å². The number of ether oxygens (including phenoxy) is 1. The van der Waals surface area contributed by atoms with Crippen LogP contribution < -0.4 is 10.1 Å². The minimum atomic E-state index is -0.293. The smallest absolute Gasteiger partial charge is 0.261 e. The highest BCUT2D eigenvalue weighted by molar-refractivity contribution is 6.21. The standard InChI is InChI=1S/C22H24N2O4/c1-14-10-11-19(28-3)18(13-14)15(2)23-20(25)9-6-12-24-21(26)16-7-4-5-8-17(16)22(24)27/h4-5,7-8,10-11,13,15H,6,9,12H2,1-3H3,(H,23,25). The Kier molecular flexibility index (Phi) is 5.78. The molecule has 0 saturated carbocycles. The van der Waals surface area contributed by atoms with Crippen LogP contribution in [-0.2, 0) is 4.79 Å². The highest BCUT2D eigenvalue weighted by Gasteiger charge is 2.34. The number of fused-ring (bicyclic) bond motifs is 1. The summed E-state index contributed by atoms with van der Waals surface area (Å²) < 4.78 is 5.37. The van der Waals surface area contributed by atoms with Crippen LogP contribution in [0.1, 0.15) is 57.7 Å². The summed E-state index contributed by atoms with van der Waals surface area (Å²) in [4.78, 5) is 38.2. The fourth-order valence-electron chi connectivity index (χ4n) is 3.42. The number of imide groups is 1. The molecule has 1 heterocycles. The Morgan fingerprint density at radius 3 is 2.36 bits per heavy atom. The van der Waals surface area contributed by atoms with Crippen LogP contribution in [0, 0.1) is 6.92 Å². The summed E-state index contributed by atoms with van der Waals surface area (Å²) in [7, 11) is 1.60. The van der Waals surface area contributed by atoms with E-state index in [9.17, 15) is 14.4 Å². The molecule has 0 aromatic heterocycles. The van der Waals surface area contributed by atoms with Gasteiger partial charge in [0.1, 0.15) is 5.75 Å². The summed E-state index contributed by atoms with van der Waals surface area (Å²) in [6.45, 7) is 4.11. The summed E-state index contributed by atoms with van der Waals surface area (Å²) >= 11 is 0. The molecule has 1 unspecified atom stereocenters. The summed E-state index contributed by atoms with van der Waals surface area (Å²) in [5.41, 5.74) is 2.85. The van der Waals surface area contributed by atoms with Gasteiger partial charge in [0.15, 0.2) is 0 Å². The second-order valence-electron chi connectivity index (χ2n) is 6.95. The van der Waals surface area contributed by atoms with Crippen LogP contribution in [0.5, 0.6) is 5.75 Å². The molecule has 1 N–H and O–H groups in total. The van der Waals surface area contributed by atoms with Crippen LogP contribution in [0.2, 0.25) is 0 Å². The monoisotopic (exact) mass is 380 g/mol. The van der Waals surface area contributed by atoms with Gasteiger partial charge in [0.2, 0.25) is 5.91 Å². The average Bonchev–Trinajstić information content (AvgIpc) is 2.93. The van der Waals surface area contributed by atoms with Gasteiger partial charge in [-0.15, -0.1) is 0 Å². The maximum absolute atomic E-state index is 12.3. The van der Waals surface area contributed by atoms with Gasteiger partial charge in [0.05, 0.1) is 24.3 Å². The minimum Gasteiger partial charge on any atom is -0.496 e. The molecular formula is C22H24N2O4. The number of nitrogens with one attached hydrogen (secondary N) is 1. The van der Waals surface area contributed by atoms with Crippen molar-refractivity contribution < 1.29 is 19.1 Å². The van der Waals surface area contributed by atoms with E-state index in [-0.39, 0.29) is 36.7 Å². The van der Waals surface area contributed by atoms with Gasteiger partial charge >= 0.3 is 0 Å². The molecule has 2 aromatic carbocycles. The van der Waals surface area contributed by atoms with Gasteiger partial charge in [-0.1, -0.05) is 29.8 Å². The van der Waals surface area contributed by atoms with Crippen molar-refractivity contribution in [2.45, 2.75) is 32.7 Å². The van der Waals surface area contributed by atoms with Gasteiger partial charge < -0.3 is 10.1 Å². The Labute approximate surface area is 164 Å². The van der Waals surface area contributed by atoms with Crippen LogP contribution in [0.3, 0.4) is 0 Å². The van der Waals surface area contributed by atoms with Crippen LogP contribution in [-0.4, -0.2) is 36.3 Å². The van der Waals surface area contributed by atoms with E-state index < -0.39 is 0 Å². The number of hydrogen-bond acceptors (Lipinski definition) is 4. The Morgan fingerprint density at radius 1 is 1.11 bits per heavy atom. The van der Waals surface area contributed by atoms with E-state index in [0.717, 1.165) is 16.9 Å². The zero-order valence-electron chi connectivity index (χ0n) is 16.3. The van der Waals surface area contributed by atoms with Crippen LogP contribution in [0.4, 0.5) is 0 Å². The molecule has 0 bridgehead atoms. The number of carbonyl (C=O) groups is 3. The molecule has 0 radical (unpaired) electrons. The molecule has 2 aromatic rings. The van der Waals surface area contributed by atoms with Crippen molar-refractivity contribution in [3.63, 3.8) is 0 Å². The predicted molar refractivity (Wildman–Crippen MR) is 105 cm³/mol. The Hall–Kier alpha value is -3.15. The van der Waals surface area contributed by atoms with Gasteiger partial charge in [-0.2, -0.15) is 0 Å². The predicted octanol–water partition coefficient (Wildman–Crippen LogP) is 3.26. The van der Waals surface area contributed by atoms with Crippen LogP contribution in [0.25, 0.3) is 0 Å². The average molecular weight is 380 g/mol. The number of methoxy groups -OCH3 is 1. The lowest BCUT2D eigenvalue weighted by Gasteiger charge is -2.18. The molecule has 3 amide bonds. The highest BCUT2D eigenvalue weighted by atomic mass is 16.5. The third-order valence-corrected chi connectivity index (χ3v) is 4.89. The maximum atomic E-state index is 12.3. The lowest BCUT2D eigenvalue weighted by atomic mass is 10.0. The summed E-state index contributed by atoms with van der Waals surface area (Å²) in [6, 6.07) is 12.4. The number of carbonyl (C=O) groups excluding carboxylic acids is 3. The molecule has 3 rings (SSSR count). The zero-order valence-corrected chi connectivity index (χ0v) is 16.3. The molecule has 0 fully saturated rings. The number of hydrogen-bond donors (Lipinski definition) is 1. The third-order valence-electron chi connectivity index (χ3n) is 4.89. The number of amides is 3. The molecule has 0 saturated heterocycles. The number of benzene rings is 2. The van der Waals surface area contributed by atoms with Crippen molar-refractivity contribution >= 4 is 17.7 Å². The van der Waals surface area contributed by atoms with Crippen molar-refractivity contribution in [1.82, 2.24) is 10.2 Å². The van der Waals surface area contributed by atoms with Gasteiger partial charge in [-0.05, 0) is 38.5 Å². The zero-order chi connectivity index (χ0) is 20.3. The molecule has 6 heteroatoms. The fraction of sp³-hybridized carbons (Fsp3) is 0.318. The first-order valence-electron chi connectivity index (χ1n) is 9.31. The molecule has 1 aliphatic heterocycles. The molecule has 28 heavy (non-hydrogen) atoms. The summed E-state index contributed by atoms with van der Waals surface area (Å²) in [5, 5.41) is 2.96. The number of aryl methyl sites for hydroxylation is 1. The normalized spacial score (nSPS) is 14.0. The third kappa shape index (κ3) is 3.91. The fourth-order valence-corrected chi connectivity index (χ4v) is 3.42. The lowest BCUT2D eigenvalue weighted by Crippen LogP contribution is -2.32. The van der Waals surface area contributed by atoms with E-state index >= 15 is 0 Å². The van der Waals surface area contributed by atoms with Gasteiger partial charge in [0, 0.05) is 18.5 Å². The van der Waals surface area contributed by atoms with E-state index in [1.807, 2.05) is 32.0 Å². The quantitative estimate of drug-likeness (QED) is 0.748. The van der Waals surface area contributed by atoms with Crippen LogP contribution in [0.15, 0.2) is 42.5 Å². The summed E-state index contributed by atoms with van der Waals surface area (Å²) in [6.07, 6.45) is 0.640. The second kappa shape index (κ2) is 8.25. The molecule has 0 aliphatic carbocycles. The van der Waals surface area contributed by atoms with Crippen molar-refractivity contribution in [2.75, 3.05) is 13.7 Å².